The molecule has 3 heterocycles. The number of rotatable bonds is 4. The Morgan fingerprint density at radius 1 is 1.31 bits per heavy atom. The summed E-state index contributed by atoms with van der Waals surface area (Å²) in [6.45, 7) is 1.80. The van der Waals surface area contributed by atoms with Gasteiger partial charge in [0.2, 0.25) is 0 Å². The molecule has 1 unspecified atom stereocenters. The van der Waals surface area contributed by atoms with Crippen molar-refractivity contribution < 1.29 is 22.7 Å². The summed E-state index contributed by atoms with van der Waals surface area (Å²) in [7, 11) is -4.21. The van der Waals surface area contributed by atoms with E-state index < -0.39 is 22.0 Å². The molecule has 2 aromatic heterocycles. The van der Waals surface area contributed by atoms with Crippen LogP contribution >= 0.6 is 11.6 Å². The number of carbonyl (C=O) groups excluding carboxylic acids is 2. The number of amides is 2. The number of benzene rings is 1. The number of pyridine rings is 1. The smallest absolute Gasteiger partial charge is 0.285 e. The summed E-state index contributed by atoms with van der Waals surface area (Å²) in [5.41, 5.74) is 0.574. The number of hydrogen-bond acceptors (Lipinski definition) is 6. The van der Waals surface area contributed by atoms with Crippen molar-refractivity contribution in [2.75, 3.05) is 5.32 Å². The minimum atomic E-state index is -4.21. The van der Waals surface area contributed by atoms with Crippen LogP contribution in [-0.4, -0.2) is 35.7 Å². The predicted octanol–water partition coefficient (Wildman–Crippen LogP) is 2.22. The molecule has 2 amide bonds. The zero-order valence-corrected chi connectivity index (χ0v) is 16.6. The van der Waals surface area contributed by atoms with Gasteiger partial charge in [0.1, 0.15) is 17.1 Å². The minimum absolute atomic E-state index is 0.0868. The average molecular weight is 435 g/mol. The second-order valence-corrected chi connectivity index (χ2v) is 8.45. The van der Waals surface area contributed by atoms with Gasteiger partial charge >= 0.3 is 0 Å². The highest BCUT2D eigenvalue weighted by molar-refractivity contribution is 7.90. The summed E-state index contributed by atoms with van der Waals surface area (Å²) in [6, 6.07) is 7.17. The van der Waals surface area contributed by atoms with E-state index in [1.54, 1.807) is 25.3 Å². The maximum atomic E-state index is 12.6. The Labute approximate surface area is 170 Å². The number of nitrogens with one attached hydrogen (secondary N) is 2. The fourth-order valence-electron chi connectivity index (χ4n) is 2.87. The van der Waals surface area contributed by atoms with Gasteiger partial charge in [0, 0.05) is 12.4 Å². The van der Waals surface area contributed by atoms with Gasteiger partial charge < -0.3 is 14.5 Å². The summed E-state index contributed by atoms with van der Waals surface area (Å²) in [6.07, 6.45) is 2.77. The Morgan fingerprint density at radius 3 is 2.86 bits per heavy atom. The van der Waals surface area contributed by atoms with Gasteiger partial charge in [-0.05, 0) is 36.8 Å². The van der Waals surface area contributed by atoms with E-state index in [2.05, 4.69) is 10.3 Å². The molecule has 0 bridgehead atoms. The summed E-state index contributed by atoms with van der Waals surface area (Å²) in [5.74, 6) is -0.894. The number of ether oxygens (including phenoxy) is 1. The van der Waals surface area contributed by atoms with Gasteiger partial charge in [-0.15, -0.1) is 0 Å². The van der Waals surface area contributed by atoms with Crippen LogP contribution in [0.25, 0.3) is 5.65 Å². The van der Waals surface area contributed by atoms with E-state index in [4.69, 9.17) is 16.3 Å². The Kier molecular flexibility index (Phi) is 4.67. The first-order valence-electron chi connectivity index (χ1n) is 8.60. The molecule has 3 aromatic rings. The first kappa shape index (κ1) is 19.2. The second-order valence-electron chi connectivity index (χ2n) is 6.34. The van der Waals surface area contributed by atoms with E-state index in [-0.39, 0.29) is 22.2 Å². The topological polar surface area (TPSA) is 119 Å². The number of imidazole rings is 1. The lowest BCUT2D eigenvalue weighted by Gasteiger charge is -2.25. The normalized spacial score (nSPS) is 16.1. The maximum Gasteiger partial charge on any atom is 0.285 e. The first-order valence-corrected chi connectivity index (χ1v) is 10.5. The lowest BCUT2D eigenvalue weighted by Crippen LogP contribution is -2.36. The molecule has 1 aliphatic rings. The number of nitrogens with zero attached hydrogens (tertiary/aromatic N) is 2. The van der Waals surface area contributed by atoms with Crippen LogP contribution in [0, 0.1) is 0 Å². The lowest BCUT2D eigenvalue weighted by molar-refractivity contribution is -0.123. The number of halogens is 1. The van der Waals surface area contributed by atoms with Gasteiger partial charge in [0.25, 0.3) is 21.8 Å². The number of fused-ring (bicyclic) bond motifs is 2. The zero-order chi connectivity index (χ0) is 20.8. The van der Waals surface area contributed by atoms with Crippen LogP contribution in [0.3, 0.4) is 0 Å². The van der Waals surface area contributed by atoms with Crippen LogP contribution in [0.1, 0.15) is 23.8 Å². The molecule has 1 atom stereocenters. The molecular weight excluding hydrogens is 420 g/mol. The Hall–Kier alpha value is -3.11. The van der Waals surface area contributed by atoms with Crippen molar-refractivity contribution in [3.05, 3.63) is 53.4 Å². The number of carbonyl (C=O) groups is 2. The third kappa shape index (κ3) is 3.64. The van der Waals surface area contributed by atoms with E-state index >= 15 is 0 Å². The molecular formula is C18H15ClN4O5S. The van der Waals surface area contributed by atoms with E-state index in [1.807, 2.05) is 4.72 Å². The van der Waals surface area contributed by atoms with Gasteiger partial charge in [-0.3, -0.25) is 9.59 Å². The van der Waals surface area contributed by atoms with Crippen molar-refractivity contribution in [3.63, 3.8) is 0 Å². The summed E-state index contributed by atoms with van der Waals surface area (Å²) in [5, 5.41) is 3.05. The van der Waals surface area contributed by atoms with Crippen molar-refractivity contribution in [1.29, 1.82) is 0 Å². The van der Waals surface area contributed by atoms with Crippen LogP contribution in [0.5, 0.6) is 5.75 Å². The lowest BCUT2D eigenvalue weighted by atomic mass is 10.2. The third-order valence-electron chi connectivity index (χ3n) is 4.33. The highest BCUT2D eigenvalue weighted by Gasteiger charge is 2.28. The second kappa shape index (κ2) is 7.05. The van der Waals surface area contributed by atoms with Gasteiger partial charge in [0.05, 0.1) is 15.6 Å². The minimum Gasteiger partial charge on any atom is -0.478 e. The maximum absolute atomic E-state index is 12.6. The monoisotopic (exact) mass is 434 g/mol. The molecule has 0 fully saturated rings. The number of sulfonamides is 1. The molecule has 0 saturated heterocycles. The van der Waals surface area contributed by atoms with Crippen LogP contribution in [0.4, 0.5) is 5.69 Å². The largest absolute Gasteiger partial charge is 0.478 e. The first-order chi connectivity index (χ1) is 13.8. The molecule has 0 radical (unpaired) electrons. The summed E-state index contributed by atoms with van der Waals surface area (Å²) >= 11 is 5.90. The molecule has 9 nitrogen and oxygen atoms in total. The Morgan fingerprint density at radius 2 is 2.10 bits per heavy atom. The van der Waals surface area contributed by atoms with E-state index in [0.717, 1.165) is 0 Å². The van der Waals surface area contributed by atoms with Gasteiger partial charge in [0.15, 0.2) is 6.10 Å². The Bertz CT molecular complexity index is 1250. The molecule has 1 aromatic carbocycles. The third-order valence-corrected chi connectivity index (χ3v) is 5.88. The summed E-state index contributed by atoms with van der Waals surface area (Å²) < 4.78 is 34.3. The zero-order valence-electron chi connectivity index (χ0n) is 15.0. The number of anilines is 1. The van der Waals surface area contributed by atoms with Gasteiger partial charge in [-0.1, -0.05) is 18.5 Å². The molecule has 0 spiro atoms. The van der Waals surface area contributed by atoms with Gasteiger partial charge in [-0.25, -0.2) is 18.1 Å². The van der Waals surface area contributed by atoms with Gasteiger partial charge in [-0.2, -0.15) is 0 Å². The molecule has 29 heavy (non-hydrogen) atoms. The van der Waals surface area contributed by atoms with Crippen molar-refractivity contribution in [2.45, 2.75) is 24.3 Å². The quantitative estimate of drug-likeness (QED) is 0.649. The van der Waals surface area contributed by atoms with Crippen molar-refractivity contribution in [2.24, 2.45) is 0 Å². The van der Waals surface area contributed by atoms with Crippen molar-refractivity contribution >= 4 is 44.8 Å². The Balaban J connectivity index is 1.59. The van der Waals surface area contributed by atoms with Crippen molar-refractivity contribution in [3.8, 4) is 5.75 Å². The number of aromatic nitrogens is 2. The van der Waals surface area contributed by atoms with Crippen LogP contribution in [0.2, 0.25) is 5.02 Å². The average Bonchev–Trinajstić information content (AvgIpc) is 3.10. The van der Waals surface area contributed by atoms with Crippen molar-refractivity contribution in [1.82, 2.24) is 14.1 Å². The predicted molar refractivity (Wildman–Crippen MR) is 105 cm³/mol. The fraction of sp³-hybridized carbons (Fsp3) is 0.167. The highest BCUT2D eigenvalue weighted by Crippen LogP contribution is 2.32. The van der Waals surface area contributed by atoms with Crippen LogP contribution in [0.15, 0.2) is 47.6 Å². The fourth-order valence-corrected chi connectivity index (χ4v) is 4.03. The molecule has 1 aliphatic heterocycles. The molecule has 0 aliphatic carbocycles. The van der Waals surface area contributed by atoms with Crippen LogP contribution in [-0.2, 0) is 14.8 Å². The van der Waals surface area contributed by atoms with Crippen LogP contribution < -0.4 is 14.8 Å². The number of hydrogen-bond donors (Lipinski definition) is 2. The standard InChI is InChI=1S/C18H15ClN4O5S/c1-2-14-18(25)21-12-7-11(4-5-15(12)28-14)29(26,27)22-17(24)13-9-23-8-10(19)3-6-16(23)20-13/h3-9,14H,2H2,1H3,(H,21,25)(H,22,24). The summed E-state index contributed by atoms with van der Waals surface area (Å²) in [4.78, 5) is 28.2. The molecule has 150 valence electrons. The molecule has 4 rings (SSSR count). The van der Waals surface area contributed by atoms with E-state index in [1.165, 1.54) is 28.8 Å². The van der Waals surface area contributed by atoms with E-state index in [9.17, 15) is 18.0 Å². The molecule has 2 N–H and O–H groups in total. The SMILES string of the molecule is CCC1Oc2ccc(S(=O)(=O)NC(=O)c3cn4cc(Cl)ccc4n3)cc2NC1=O. The molecule has 0 saturated carbocycles. The highest BCUT2D eigenvalue weighted by atomic mass is 35.5. The molecule has 11 heteroatoms. The van der Waals surface area contributed by atoms with E-state index in [0.29, 0.717) is 22.8 Å².